The van der Waals surface area contributed by atoms with Gasteiger partial charge in [0.25, 0.3) is 0 Å². The van der Waals surface area contributed by atoms with Crippen molar-refractivity contribution in [2.24, 2.45) is 0 Å². The molecule has 1 heterocycles. The molecule has 0 fully saturated rings. The van der Waals surface area contributed by atoms with Gasteiger partial charge >= 0.3 is 0 Å². The molecule has 0 unspecified atom stereocenters. The molecular formula is C17H16ClN3O2S. The highest BCUT2D eigenvalue weighted by Crippen LogP contribution is 2.33. The van der Waals surface area contributed by atoms with Crippen molar-refractivity contribution in [3.05, 3.63) is 46.8 Å². The maximum absolute atomic E-state index is 6.14. The Bertz CT molecular complexity index is 867. The minimum Gasteiger partial charge on any atom is -0.495 e. The van der Waals surface area contributed by atoms with Crippen molar-refractivity contribution in [2.45, 2.75) is 0 Å². The van der Waals surface area contributed by atoms with Crippen LogP contribution in [0.5, 0.6) is 11.5 Å². The van der Waals surface area contributed by atoms with Crippen molar-refractivity contribution in [2.75, 3.05) is 25.3 Å². The van der Waals surface area contributed by atoms with Gasteiger partial charge in [-0.1, -0.05) is 11.6 Å². The number of hydrogen-bond donors (Lipinski definition) is 2. The van der Waals surface area contributed by atoms with Gasteiger partial charge in [-0.2, -0.15) is 0 Å². The summed E-state index contributed by atoms with van der Waals surface area (Å²) in [4.78, 5) is 4.58. The van der Waals surface area contributed by atoms with E-state index < -0.39 is 0 Å². The zero-order valence-electron chi connectivity index (χ0n) is 13.2. The van der Waals surface area contributed by atoms with Crippen molar-refractivity contribution in [3.63, 3.8) is 0 Å². The van der Waals surface area contributed by atoms with Crippen LogP contribution in [-0.2, 0) is 0 Å². The number of nitrogens with one attached hydrogen (secondary N) is 1. The summed E-state index contributed by atoms with van der Waals surface area (Å²) in [6, 6.07) is 11.1. The fourth-order valence-corrected chi connectivity index (χ4v) is 3.22. The van der Waals surface area contributed by atoms with Crippen LogP contribution < -0.4 is 20.5 Å². The molecule has 3 N–H and O–H groups in total. The number of nitrogens with two attached hydrogens (primary N) is 1. The summed E-state index contributed by atoms with van der Waals surface area (Å²) >= 11 is 7.64. The first-order valence-corrected chi connectivity index (χ1v) is 8.36. The van der Waals surface area contributed by atoms with Crippen LogP contribution in [0.4, 0.5) is 16.5 Å². The number of ether oxygens (including phenoxy) is 2. The highest BCUT2D eigenvalue weighted by atomic mass is 35.5. The summed E-state index contributed by atoms with van der Waals surface area (Å²) in [6.45, 7) is 0. The molecule has 3 rings (SSSR count). The van der Waals surface area contributed by atoms with Crippen molar-refractivity contribution >= 4 is 39.4 Å². The van der Waals surface area contributed by atoms with E-state index in [9.17, 15) is 0 Å². The number of rotatable bonds is 5. The van der Waals surface area contributed by atoms with Crippen molar-refractivity contribution < 1.29 is 9.47 Å². The molecule has 7 heteroatoms. The Labute approximate surface area is 149 Å². The van der Waals surface area contributed by atoms with Crippen LogP contribution in [0, 0.1) is 0 Å². The second kappa shape index (κ2) is 6.98. The number of hydrogen-bond acceptors (Lipinski definition) is 6. The van der Waals surface area contributed by atoms with Gasteiger partial charge in [0.15, 0.2) is 5.13 Å². The van der Waals surface area contributed by atoms with Gasteiger partial charge in [0.1, 0.15) is 11.5 Å². The van der Waals surface area contributed by atoms with Crippen molar-refractivity contribution in [1.29, 1.82) is 0 Å². The molecule has 0 amide bonds. The number of benzene rings is 2. The van der Waals surface area contributed by atoms with E-state index in [2.05, 4.69) is 10.3 Å². The minimum absolute atomic E-state index is 0.544. The fourth-order valence-electron chi connectivity index (χ4n) is 2.23. The highest BCUT2D eigenvalue weighted by Gasteiger charge is 2.08. The Morgan fingerprint density at radius 1 is 1.08 bits per heavy atom. The minimum atomic E-state index is 0.544. The number of nitrogens with zero attached hydrogens (tertiary/aromatic N) is 1. The highest BCUT2D eigenvalue weighted by molar-refractivity contribution is 7.14. The maximum atomic E-state index is 6.14. The summed E-state index contributed by atoms with van der Waals surface area (Å²) in [5.74, 6) is 1.29. The van der Waals surface area contributed by atoms with E-state index in [4.69, 9.17) is 26.8 Å². The molecule has 24 heavy (non-hydrogen) atoms. The standard InChI is InChI=1S/C17H16ClN3O2S/c1-22-15-6-4-11(8-12(15)18)20-17-21-14(9-24-17)10-3-5-16(23-2)13(19)7-10/h3-9H,19H2,1-2H3,(H,20,21). The van der Waals surface area contributed by atoms with E-state index in [-0.39, 0.29) is 0 Å². The number of nitrogen functional groups attached to an aromatic ring is 1. The number of methoxy groups -OCH3 is 2. The Hall–Kier alpha value is -2.44. The molecule has 1 aromatic heterocycles. The zero-order valence-corrected chi connectivity index (χ0v) is 14.7. The number of aromatic nitrogens is 1. The quantitative estimate of drug-likeness (QED) is 0.638. The Balaban J connectivity index is 1.80. The van der Waals surface area contributed by atoms with Gasteiger partial charge in [0.05, 0.1) is 30.6 Å². The number of anilines is 3. The number of halogens is 1. The summed E-state index contributed by atoms with van der Waals surface area (Å²) in [6.07, 6.45) is 0. The van der Waals surface area contributed by atoms with Crippen LogP contribution in [0.15, 0.2) is 41.8 Å². The summed E-state index contributed by atoms with van der Waals surface area (Å²) < 4.78 is 10.3. The lowest BCUT2D eigenvalue weighted by atomic mass is 10.1. The van der Waals surface area contributed by atoms with Gasteiger partial charge in [-0.15, -0.1) is 11.3 Å². The molecule has 0 spiro atoms. The third kappa shape index (κ3) is 3.39. The van der Waals surface area contributed by atoms with Gasteiger partial charge in [-0.3, -0.25) is 0 Å². The maximum Gasteiger partial charge on any atom is 0.187 e. The monoisotopic (exact) mass is 361 g/mol. The Morgan fingerprint density at radius 3 is 2.50 bits per heavy atom. The third-order valence-electron chi connectivity index (χ3n) is 3.43. The average Bonchev–Trinajstić information content (AvgIpc) is 3.03. The largest absolute Gasteiger partial charge is 0.495 e. The Morgan fingerprint density at radius 2 is 1.83 bits per heavy atom. The van der Waals surface area contributed by atoms with Crippen molar-refractivity contribution in [3.8, 4) is 22.8 Å². The SMILES string of the molecule is COc1ccc(-c2csc(Nc3ccc(OC)c(Cl)c3)n2)cc1N. The molecule has 0 bridgehead atoms. The lowest BCUT2D eigenvalue weighted by Crippen LogP contribution is -1.93. The molecule has 0 aliphatic rings. The van der Waals surface area contributed by atoms with E-state index in [1.165, 1.54) is 11.3 Å². The van der Waals surface area contributed by atoms with Gasteiger partial charge in [0.2, 0.25) is 0 Å². The molecule has 0 saturated carbocycles. The van der Waals surface area contributed by atoms with Crippen LogP contribution in [-0.4, -0.2) is 19.2 Å². The molecule has 0 aliphatic heterocycles. The number of thiazole rings is 1. The van der Waals surface area contributed by atoms with Crippen LogP contribution in [0.25, 0.3) is 11.3 Å². The lowest BCUT2D eigenvalue weighted by molar-refractivity contribution is 0.415. The molecule has 0 aliphatic carbocycles. The van der Waals surface area contributed by atoms with Gasteiger partial charge in [-0.05, 0) is 36.4 Å². The van der Waals surface area contributed by atoms with Gasteiger partial charge in [0, 0.05) is 16.6 Å². The van der Waals surface area contributed by atoms with E-state index in [1.54, 1.807) is 20.3 Å². The van der Waals surface area contributed by atoms with Crippen LogP contribution in [0.2, 0.25) is 5.02 Å². The van der Waals surface area contributed by atoms with Gasteiger partial charge in [-0.25, -0.2) is 4.98 Å². The first-order chi connectivity index (χ1) is 11.6. The molecule has 5 nitrogen and oxygen atoms in total. The second-order valence-corrected chi connectivity index (χ2v) is 6.23. The van der Waals surface area contributed by atoms with Crippen molar-refractivity contribution in [1.82, 2.24) is 4.98 Å². The van der Waals surface area contributed by atoms with Crippen LogP contribution in [0.3, 0.4) is 0 Å². The summed E-state index contributed by atoms with van der Waals surface area (Å²) in [5.41, 5.74) is 9.16. The van der Waals surface area contributed by atoms with Crippen LogP contribution in [0.1, 0.15) is 0 Å². The molecule has 0 atom stereocenters. The predicted octanol–water partition coefficient (Wildman–Crippen LogP) is 4.81. The summed E-state index contributed by atoms with van der Waals surface area (Å²) in [7, 11) is 3.18. The van der Waals surface area contributed by atoms with E-state index in [1.807, 2.05) is 35.7 Å². The van der Waals surface area contributed by atoms with E-state index in [0.29, 0.717) is 22.2 Å². The first-order valence-electron chi connectivity index (χ1n) is 7.10. The lowest BCUT2D eigenvalue weighted by Gasteiger charge is -2.07. The second-order valence-electron chi connectivity index (χ2n) is 4.97. The normalized spacial score (nSPS) is 10.5. The van der Waals surface area contributed by atoms with E-state index in [0.717, 1.165) is 22.1 Å². The van der Waals surface area contributed by atoms with Crippen LogP contribution >= 0.6 is 22.9 Å². The zero-order chi connectivity index (χ0) is 17.1. The predicted molar refractivity (Wildman–Crippen MR) is 99.8 cm³/mol. The van der Waals surface area contributed by atoms with Gasteiger partial charge < -0.3 is 20.5 Å². The fraction of sp³-hybridized carbons (Fsp3) is 0.118. The molecule has 124 valence electrons. The molecule has 0 saturated heterocycles. The molecular weight excluding hydrogens is 346 g/mol. The molecule has 0 radical (unpaired) electrons. The third-order valence-corrected chi connectivity index (χ3v) is 4.49. The first kappa shape index (κ1) is 16.4. The summed E-state index contributed by atoms with van der Waals surface area (Å²) in [5, 5.41) is 6.51. The topological polar surface area (TPSA) is 69.4 Å². The smallest absolute Gasteiger partial charge is 0.187 e. The van der Waals surface area contributed by atoms with E-state index >= 15 is 0 Å². The average molecular weight is 362 g/mol. The molecule has 3 aromatic rings. The molecule has 2 aromatic carbocycles. The Kier molecular flexibility index (Phi) is 4.78.